The van der Waals surface area contributed by atoms with Crippen molar-refractivity contribution in [2.45, 2.75) is 58.4 Å². The van der Waals surface area contributed by atoms with E-state index in [1.807, 2.05) is 4.90 Å². The summed E-state index contributed by atoms with van der Waals surface area (Å²) in [6.07, 6.45) is 8.54. The summed E-state index contributed by atoms with van der Waals surface area (Å²) in [7, 11) is 0. The van der Waals surface area contributed by atoms with E-state index in [2.05, 4.69) is 28.7 Å². The second-order valence-electron chi connectivity index (χ2n) is 6.97. The van der Waals surface area contributed by atoms with Crippen LogP contribution in [0.4, 0.5) is 5.95 Å². The van der Waals surface area contributed by atoms with Crippen molar-refractivity contribution in [1.82, 2.24) is 14.9 Å². The number of aromatic nitrogens is 2. The van der Waals surface area contributed by atoms with Crippen LogP contribution < -0.4 is 4.90 Å². The number of piperidine rings is 2. The number of hydrogen-bond acceptors (Lipinski definition) is 4. The first-order chi connectivity index (χ1) is 11.2. The van der Waals surface area contributed by atoms with Crippen molar-refractivity contribution in [2.24, 2.45) is 5.92 Å². The van der Waals surface area contributed by atoms with Crippen molar-refractivity contribution < 1.29 is 4.79 Å². The highest BCUT2D eigenvalue weighted by atomic mass is 16.2. The Hall–Kier alpha value is -1.65. The van der Waals surface area contributed by atoms with E-state index >= 15 is 0 Å². The molecular weight excluding hydrogens is 288 g/mol. The molecule has 2 aliphatic rings. The Morgan fingerprint density at radius 1 is 1.22 bits per heavy atom. The number of hydrogen-bond donors (Lipinski definition) is 0. The maximum Gasteiger partial charge on any atom is 0.272 e. The third kappa shape index (κ3) is 3.65. The molecule has 2 saturated heterocycles. The molecule has 2 fully saturated rings. The summed E-state index contributed by atoms with van der Waals surface area (Å²) in [6.45, 7) is 7.29. The molecule has 1 atom stereocenters. The normalized spacial score (nSPS) is 23.1. The Morgan fingerprint density at radius 2 is 2.00 bits per heavy atom. The zero-order valence-corrected chi connectivity index (χ0v) is 14.4. The van der Waals surface area contributed by atoms with Gasteiger partial charge in [0.15, 0.2) is 0 Å². The lowest BCUT2D eigenvalue weighted by Crippen LogP contribution is -2.44. The molecule has 0 spiro atoms. The molecular formula is C18H28N4O. The van der Waals surface area contributed by atoms with Crippen LogP contribution >= 0.6 is 0 Å². The Kier molecular flexibility index (Phi) is 5.13. The monoisotopic (exact) mass is 316 g/mol. The van der Waals surface area contributed by atoms with Gasteiger partial charge in [0.05, 0.1) is 0 Å². The molecule has 1 unspecified atom stereocenters. The van der Waals surface area contributed by atoms with Crippen molar-refractivity contribution >= 4 is 11.9 Å². The zero-order valence-electron chi connectivity index (χ0n) is 14.4. The van der Waals surface area contributed by atoms with Crippen LogP contribution in [-0.2, 0) is 0 Å². The topological polar surface area (TPSA) is 49.3 Å². The van der Waals surface area contributed by atoms with E-state index in [4.69, 9.17) is 0 Å². The van der Waals surface area contributed by atoms with Gasteiger partial charge < -0.3 is 9.80 Å². The van der Waals surface area contributed by atoms with Gasteiger partial charge in [-0.3, -0.25) is 4.79 Å². The second kappa shape index (κ2) is 7.28. The minimum Gasteiger partial charge on any atom is -0.341 e. The Balaban J connectivity index is 1.75. The summed E-state index contributed by atoms with van der Waals surface area (Å²) >= 11 is 0. The van der Waals surface area contributed by atoms with Gasteiger partial charge in [-0.1, -0.05) is 13.8 Å². The lowest BCUT2D eigenvalue weighted by Gasteiger charge is -2.35. The van der Waals surface area contributed by atoms with Gasteiger partial charge in [0.2, 0.25) is 5.95 Å². The molecule has 3 rings (SSSR count). The van der Waals surface area contributed by atoms with E-state index in [9.17, 15) is 4.79 Å². The number of carbonyl (C=O) groups is 1. The van der Waals surface area contributed by atoms with Crippen molar-refractivity contribution in [3.8, 4) is 0 Å². The van der Waals surface area contributed by atoms with E-state index in [1.54, 1.807) is 12.3 Å². The maximum absolute atomic E-state index is 12.9. The van der Waals surface area contributed by atoms with Crippen LogP contribution in [0.2, 0.25) is 0 Å². The summed E-state index contributed by atoms with van der Waals surface area (Å²) in [5.41, 5.74) is 0.550. The van der Waals surface area contributed by atoms with E-state index < -0.39 is 0 Å². The maximum atomic E-state index is 12.9. The second-order valence-corrected chi connectivity index (χ2v) is 6.97. The van der Waals surface area contributed by atoms with Gasteiger partial charge >= 0.3 is 0 Å². The van der Waals surface area contributed by atoms with Gasteiger partial charge in [-0.15, -0.1) is 0 Å². The first kappa shape index (κ1) is 16.2. The van der Waals surface area contributed by atoms with Gasteiger partial charge in [-0.05, 0) is 50.5 Å². The van der Waals surface area contributed by atoms with E-state index in [1.165, 1.54) is 19.3 Å². The van der Waals surface area contributed by atoms with Crippen LogP contribution in [0.15, 0.2) is 12.3 Å². The smallest absolute Gasteiger partial charge is 0.272 e. The van der Waals surface area contributed by atoms with Crippen molar-refractivity contribution in [2.75, 3.05) is 24.5 Å². The number of likely N-dealkylation sites (tertiary alicyclic amines) is 1. The van der Waals surface area contributed by atoms with Crippen LogP contribution in [0, 0.1) is 5.92 Å². The minimum atomic E-state index is 0.0746. The van der Waals surface area contributed by atoms with Gasteiger partial charge in [0.1, 0.15) is 5.69 Å². The number of amides is 1. The van der Waals surface area contributed by atoms with Crippen LogP contribution in [0.5, 0.6) is 0 Å². The van der Waals surface area contributed by atoms with E-state index in [0.29, 0.717) is 17.7 Å². The number of anilines is 1. The predicted molar refractivity (Wildman–Crippen MR) is 91.6 cm³/mol. The molecule has 0 saturated carbocycles. The third-order valence-electron chi connectivity index (χ3n) is 5.29. The number of carbonyl (C=O) groups excluding carboxylic acids is 1. The summed E-state index contributed by atoms with van der Waals surface area (Å²) in [5.74, 6) is 1.56. The first-order valence-electron chi connectivity index (χ1n) is 9.08. The molecule has 1 aromatic rings. The highest BCUT2D eigenvalue weighted by Crippen LogP contribution is 2.23. The quantitative estimate of drug-likeness (QED) is 0.859. The number of rotatable bonds is 3. The molecule has 126 valence electrons. The van der Waals surface area contributed by atoms with Gasteiger partial charge in [-0.2, -0.15) is 0 Å². The van der Waals surface area contributed by atoms with Crippen molar-refractivity contribution in [3.63, 3.8) is 0 Å². The summed E-state index contributed by atoms with van der Waals surface area (Å²) in [5, 5.41) is 0. The Labute approximate surface area is 139 Å². The van der Waals surface area contributed by atoms with Crippen molar-refractivity contribution in [3.05, 3.63) is 18.0 Å². The SMILES string of the molecule is CCC1CCCCN1C(=O)c1ccnc(N2CCC(C)CC2)n1. The van der Waals surface area contributed by atoms with Gasteiger partial charge in [0.25, 0.3) is 5.91 Å². The van der Waals surface area contributed by atoms with Crippen molar-refractivity contribution in [1.29, 1.82) is 0 Å². The lowest BCUT2D eigenvalue weighted by molar-refractivity contribution is 0.0602. The zero-order chi connectivity index (χ0) is 16.2. The first-order valence-corrected chi connectivity index (χ1v) is 9.08. The lowest BCUT2D eigenvalue weighted by atomic mass is 9.99. The average Bonchev–Trinajstić information content (AvgIpc) is 2.62. The van der Waals surface area contributed by atoms with E-state index in [0.717, 1.165) is 44.8 Å². The summed E-state index contributed by atoms with van der Waals surface area (Å²) in [4.78, 5) is 26.1. The molecule has 23 heavy (non-hydrogen) atoms. The fourth-order valence-corrected chi connectivity index (χ4v) is 3.67. The minimum absolute atomic E-state index is 0.0746. The third-order valence-corrected chi connectivity index (χ3v) is 5.29. The molecule has 0 N–H and O–H groups in total. The average molecular weight is 316 g/mol. The molecule has 2 aliphatic heterocycles. The highest BCUT2D eigenvalue weighted by molar-refractivity contribution is 5.92. The number of nitrogens with zero attached hydrogens (tertiary/aromatic N) is 4. The molecule has 0 aromatic carbocycles. The van der Waals surface area contributed by atoms with Crippen LogP contribution in [0.3, 0.4) is 0 Å². The molecule has 1 amide bonds. The molecule has 3 heterocycles. The standard InChI is InChI=1S/C18H28N4O/c1-3-15-6-4-5-11-22(15)17(23)16-7-10-19-18(20-16)21-12-8-14(2)9-13-21/h7,10,14-15H,3-6,8-9,11-13H2,1-2H3. The predicted octanol–water partition coefficient (Wildman–Crippen LogP) is 3.12. The molecule has 0 radical (unpaired) electrons. The largest absolute Gasteiger partial charge is 0.341 e. The van der Waals surface area contributed by atoms with Crippen LogP contribution in [0.1, 0.15) is 62.9 Å². The fourth-order valence-electron chi connectivity index (χ4n) is 3.67. The molecule has 1 aromatic heterocycles. The molecule has 5 nitrogen and oxygen atoms in total. The fraction of sp³-hybridized carbons (Fsp3) is 0.722. The Morgan fingerprint density at radius 3 is 2.74 bits per heavy atom. The highest BCUT2D eigenvalue weighted by Gasteiger charge is 2.27. The summed E-state index contributed by atoms with van der Waals surface area (Å²) in [6, 6.07) is 2.13. The summed E-state index contributed by atoms with van der Waals surface area (Å²) < 4.78 is 0. The van der Waals surface area contributed by atoms with Crippen LogP contribution in [0.25, 0.3) is 0 Å². The molecule has 0 aliphatic carbocycles. The molecule has 0 bridgehead atoms. The van der Waals surface area contributed by atoms with Gasteiger partial charge in [0, 0.05) is 31.9 Å². The van der Waals surface area contributed by atoms with E-state index in [-0.39, 0.29) is 5.91 Å². The van der Waals surface area contributed by atoms with Gasteiger partial charge in [-0.25, -0.2) is 9.97 Å². The Bertz CT molecular complexity index is 540. The molecule has 5 heteroatoms. The van der Waals surface area contributed by atoms with Crippen LogP contribution in [-0.4, -0.2) is 46.5 Å².